The molecule has 0 bridgehead atoms. The van der Waals surface area contributed by atoms with Crippen LogP contribution in [0.5, 0.6) is 6.01 Å². The predicted molar refractivity (Wildman–Crippen MR) is 71.6 cm³/mol. The van der Waals surface area contributed by atoms with Crippen molar-refractivity contribution in [1.82, 2.24) is 15.3 Å². The van der Waals surface area contributed by atoms with E-state index in [1.807, 2.05) is 19.9 Å². The van der Waals surface area contributed by atoms with Crippen LogP contribution in [-0.4, -0.2) is 22.6 Å². The summed E-state index contributed by atoms with van der Waals surface area (Å²) in [4.78, 5) is 8.69. The third-order valence-corrected chi connectivity index (χ3v) is 2.80. The van der Waals surface area contributed by atoms with E-state index in [1.165, 1.54) is 12.8 Å². The molecule has 0 aliphatic heterocycles. The molecule has 1 fully saturated rings. The number of nitrogens with one attached hydrogen (secondary N) is 1. The zero-order chi connectivity index (χ0) is 13.0. The van der Waals surface area contributed by atoms with E-state index in [-0.39, 0.29) is 0 Å². The zero-order valence-electron chi connectivity index (χ0n) is 11.2. The van der Waals surface area contributed by atoms with Crippen LogP contribution in [0.3, 0.4) is 0 Å². The Morgan fingerprint density at radius 1 is 1.50 bits per heavy atom. The predicted octanol–water partition coefficient (Wildman–Crippen LogP) is 2.38. The van der Waals surface area contributed by atoms with Crippen molar-refractivity contribution in [3.63, 3.8) is 0 Å². The highest BCUT2D eigenvalue weighted by molar-refractivity contribution is 5.13. The molecule has 2 rings (SSSR count). The summed E-state index contributed by atoms with van der Waals surface area (Å²) in [6, 6.07) is 3.16. The lowest BCUT2D eigenvalue weighted by Gasteiger charge is -2.08. The number of aryl methyl sites for hydroxylation is 1. The number of hydrogen-bond acceptors (Lipinski definition) is 4. The molecule has 0 unspecified atom stereocenters. The molecule has 1 aromatic heterocycles. The smallest absolute Gasteiger partial charge is 0.316 e. The van der Waals surface area contributed by atoms with Crippen molar-refractivity contribution in [2.24, 2.45) is 0 Å². The maximum Gasteiger partial charge on any atom is 0.316 e. The zero-order valence-corrected chi connectivity index (χ0v) is 11.2. The van der Waals surface area contributed by atoms with Gasteiger partial charge in [0.1, 0.15) is 0 Å². The summed E-state index contributed by atoms with van der Waals surface area (Å²) in [6.07, 6.45) is 3.41. The maximum atomic E-state index is 5.55. The van der Waals surface area contributed by atoms with Gasteiger partial charge < -0.3 is 10.1 Å². The van der Waals surface area contributed by atoms with E-state index < -0.39 is 0 Å². The van der Waals surface area contributed by atoms with Gasteiger partial charge in [-0.3, -0.25) is 0 Å². The van der Waals surface area contributed by atoms with Crippen molar-refractivity contribution < 1.29 is 4.74 Å². The van der Waals surface area contributed by atoms with Crippen molar-refractivity contribution >= 4 is 0 Å². The summed E-state index contributed by atoms with van der Waals surface area (Å²) in [6.45, 7) is 9.19. The first-order valence-electron chi connectivity index (χ1n) is 6.48. The molecule has 1 N–H and O–H groups in total. The highest BCUT2D eigenvalue weighted by Crippen LogP contribution is 2.19. The number of ether oxygens (including phenoxy) is 1. The quantitative estimate of drug-likeness (QED) is 0.751. The van der Waals surface area contributed by atoms with Gasteiger partial charge in [-0.25, -0.2) is 4.98 Å². The van der Waals surface area contributed by atoms with Crippen molar-refractivity contribution in [2.75, 3.05) is 6.61 Å². The van der Waals surface area contributed by atoms with Crippen LogP contribution >= 0.6 is 0 Å². The molecule has 98 valence electrons. The Hall–Kier alpha value is -1.42. The van der Waals surface area contributed by atoms with E-state index >= 15 is 0 Å². The van der Waals surface area contributed by atoms with Crippen LogP contribution in [0.2, 0.25) is 0 Å². The van der Waals surface area contributed by atoms with E-state index in [2.05, 4.69) is 21.9 Å². The van der Waals surface area contributed by atoms with E-state index in [9.17, 15) is 0 Å². The largest absolute Gasteiger partial charge is 0.463 e. The second kappa shape index (κ2) is 5.96. The van der Waals surface area contributed by atoms with Gasteiger partial charge in [0.25, 0.3) is 0 Å². The fraction of sp³-hybridized carbons (Fsp3) is 0.571. The maximum absolute atomic E-state index is 5.55. The Morgan fingerprint density at radius 3 is 2.94 bits per heavy atom. The first-order valence-corrected chi connectivity index (χ1v) is 6.48. The van der Waals surface area contributed by atoms with Crippen molar-refractivity contribution in [3.05, 3.63) is 29.6 Å². The Kier molecular flexibility index (Phi) is 4.31. The minimum absolute atomic E-state index is 0.476. The van der Waals surface area contributed by atoms with Gasteiger partial charge in [0.15, 0.2) is 0 Å². The number of nitrogens with zero attached hydrogens (tertiary/aromatic N) is 2. The summed E-state index contributed by atoms with van der Waals surface area (Å²) in [7, 11) is 0. The molecule has 0 saturated heterocycles. The molecule has 1 aliphatic rings. The monoisotopic (exact) mass is 247 g/mol. The van der Waals surface area contributed by atoms with Crippen LogP contribution in [0, 0.1) is 6.92 Å². The third kappa shape index (κ3) is 4.45. The Labute approximate surface area is 108 Å². The lowest BCUT2D eigenvalue weighted by molar-refractivity contribution is 0.294. The molecular formula is C14H21N3O. The van der Waals surface area contributed by atoms with Gasteiger partial charge in [-0.1, -0.05) is 5.57 Å². The molecule has 4 heteroatoms. The standard InChI is InChI=1S/C14H21N3O/c1-10(2)6-7-18-14-16-11(3)8-13(17-14)9-15-12-4-5-12/h8,12,15H,1,4-7,9H2,2-3H3. The molecule has 1 saturated carbocycles. The summed E-state index contributed by atoms with van der Waals surface area (Å²) < 4.78 is 5.55. The molecule has 4 nitrogen and oxygen atoms in total. The second-order valence-corrected chi connectivity index (χ2v) is 4.99. The fourth-order valence-corrected chi connectivity index (χ4v) is 1.61. The first-order chi connectivity index (χ1) is 8.63. The fourth-order valence-electron chi connectivity index (χ4n) is 1.61. The molecule has 1 aliphatic carbocycles. The Morgan fingerprint density at radius 2 is 2.28 bits per heavy atom. The van der Waals surface area contributed by atoms with Crippen molar-refractivity contribution in [3.8, 4) is 6.01 Å². The minimum atomic E-state index is 0.476. The van der Waals surface area contributed by atoms with Gasteiger partial charge in [-0.15, -0.1) is 6.58 Å². The van der Waals surface area contributed by atoms with Crippen molar-refractivity contribution in [2.45, 2.75) is 45.7 Å². The Balaban J connectivity index is 1.89. The topological polar surface area (TPSA) is 47.0 Å². The summed E-state index contributed by atoms with van der Waals surface area (Å²) in [5, 5.41) is 3.44. The van der Waals surface area contributed by atoms with Gasteiger partial charge in [0.05, 0.1) is 12.3 Å². The van der Waals surface area contributed by atoms with Gasteiger partial charge in [0.2, 0.25) is 0 Å². The van der Waals surface area contributed by atoms with Gasteiger partial charge >= 0.3 is 6.01 Å². The first kappa shape index (κ1) is 13.0. The van der Waals surface area contributed by atoms with Crippen LogP contribution in [0.25, 0.3) is 0 Å². The normalized spacial score (nSPS) is 14.6. The summed E-state index contributed by atoms with van der Waals surface area (Å²) in [5.74, 6) is 0. The van der Waals surface area contributed by atoms with Crippen LogP contribution in [-0.2, 0) is 6.54 Å². The summed E-state index contributed by atoms with van der Waals surface area (Å²) in [5.41, 5.74) is 3.06. The molecule has 18 heavy (non-hydrogen) atoms. The lowest BCUT2D eigenvalue weighted by Crippen LogP contribution is -2.17. The summed E-state index contributed by atoms with van der Waals surface area (Å²) >= 11 is 0. The van der Waals surface area contributed by atoms with Gasteiger partial charge in [-0.2, -0.15) is 4.98 Å². The van der Waals surface area contributed by atoms with E-state index in [0.717, 1.165) is 29.9 Å². The van der Waals surface area contributed by atoms with Crippen LogP contribution in [0.15, 0.2) is 18.2 Å². The number of hydrogen-bond donors (Lipinski definition) is 1. The minimum Gasteiger partial charge on any atom is -0.463 e. The molecule has 0 radical (unpaired) electrons. The molecule has 0 atom stereocenters. The van der Waals surface area contributed by atoms with Crippen molar-refractivity contribution in [1.29, 1.82) is 0 Å². The number of rotatable bonds is 7. The highest BCUT2D eigenvalue weighted by Gasteiger charge is 2.20. The Bertz CT molecular complexity index is 427. The second-order valence-electron chi connectivity index (χ2n) is 4.99. The SMILES string of the molecule is C=C(C)CCOc1nc(C)cc(CNC2CC2)n1. The molecular weight excluding hydrogens is 226 g/mol. The molecule has 0 spiro atoms. The van der Waals surface area contributed by atoms with E-state index in [4.69, 9.17) is 4.74 Å². The van der Waals surface area contributed by atoms with E-state index in [1.54, 1.807) is 0 Å². The average Bonchev–Trinajstić information content (AvgIpc) is 3.09. The van der Waals surface area contributed by atoms with E-state index in [0.29, 0.717) is 18.7 Å². The van der Waals surface area contributed by atoms with Gasteiger partial charge in [0, 0.05) is 24.7 Å². The van der Waals surface area contributed by atoms with Crippen LogP contribution in [0.1, 0.15) is 37.6 Å². The third-order valence-electron chi connectivity index (χ3n) is 2.80. The molecule has 1 aromatic rings. The molecule has 1 heterocycles. The molecule has 0 aromatic carbocycles. The highest BCUT2D eigenvalue weighted by atomic mass is 16.5. The average molecular weight is 247 g/mol. The number of aromatic nitrogens is 2. The van der Waals surface area contributed by atoms with Crippen LogP contribution < -0.4 is 10.1 Å². The lowest BCUT2D eigenvalue weighted by atomic mass is 10.3. The molecule has 0 amide bonds. The van der Waals surface area contributed by atoms with Gasteiger partial charge in [-0.05, 0) is 32.8 Å². The van der Waals surface area contributed by atoms with Crippen LogP contribution in [0.4, 0.5) is 0 Å².